The van der Waals surface area contributed by atoms with Crippen molar-refractivity contribution in [1.29, 1.82) is 5.41 Å². The number of carbonyl (C=O) groups is 1. The summed E-state index contributed by atoms with van der Waals surface area (Å²) < 4.78 is 11.6. The maximum atomic E-state index is 12.9. The van der Waals surface area contributed by atoms with Crippen LogP contribution in [-0.4, -0.2) is 31.0 Å². The molecular formula is C22H31N5O3. The minimum absolute atomic E-state index is 0.000761. The number of ether oxygens (including phenoxy) is 2. The molecule has 1 unspecified atom stereocenters. The van der Waals surface area contributed by atoms with Crippen molar-refractivity contribution < 1.29 is 14.3 Å². The van der Waals surface area contributed by atoms with E-state index in [-0.39, 0.29) is 17.8 Å². The van der Waals surface area contributed by atoms with Gasteiger partial charge in [0.25, 0.3) is 5.91 Å². The molecule has 0 aliphatic rings. The van der Waals surface area contributed by atoms with Crippen molar-refractivity contribution in [2.45, 2.75) is 39.8 Å². The number of nitrogens with one attached hydrogen (secondary N) is 4. The number of rotatable bonds is 11. The van der Waals surface area contributed by atoms with Crippen molar-refractivity contribution in [3.63, 3.8) is 0 Å². The van der Waals surface area contributed by atoms with Crippen molar-refractivity contribution in [3.05, 3.63) is 53.6 Å². The molecule has 30 heavy (non-hydrogen) atoms. The van der Waals surface area contributed by atoms with Gasteiger partial charge in [0.15, 0.2) is 11.5 Å². The highest BCUT2D eigenvalue weighted by Crippen LogP contribution is 2.32. The van der Waals surface area contributed by atoms with Crippen LogP contribution in [0.5, 0.6) is 11.5 Å². The van der Waals surface area contributed by atoms with Crippen LogP contribution in [0.3, 0.4) is 0 Å². The fourth-order valence-electron chi connectivity index (χ4n) is 2.78. The van der Waals surface area contributed by atoms with Gasteiger partial charge in [-0.25, -0.2) is 5.43 Å². The Morgan fingerprint density at radius 1 is 1.10 bits per heavy atom. The Bertz CT molecular complexity index is 852. The molecule has 1 amide bonds. The number of amides is 1. The molecule has 0 radical (unpaired) electrons. The Balaban J connectivity index is 2.36. The SMILES string of the molecule is CCNNC(=O)C(Nc1ccc(C(=N)N)cc1)c1ccc(OC(C)C)c(OCC)c1. The molecule has 0 aliphatic heterocycles. The number of hydrogen-bond donors (Lipinski definition) is 5. The van der Waals surface area contributed by atoms with Gasteiger partial charge in [0, 0.05) is 17.8 Å². The predicted molar refractivity (Wildman–Crippen MR) is 119 cm³/mol. The largest absolute Gasteiger partial charge is 0.490 e. The molecular weight excluding hydrogens is 382 g/mol. The van der Waals surface area contributed by atoms with E-state index in [4.69, 9.17) is 20.6 Å². The van der Waals surface area contributed by atoms with E-state index in [0.29, 0.717) is 30.2 Å². The first-order valence-corrected chi connectivity index (χ1v) is 10.0. The van der Waals surface area contributed by atoms with Crippen LogP contribution in [0, 0.1) is 5.41 Å². The zero-order chi connectivity index (χ0) is 22.1. The van der Waals surface area contributed by atoms with E-state index in [1.54, 1.807) is 24.3 Å². The Labute approximate surface area is 177 Å². The molecule has 0 heterocycles. The van der Waals surface area contributed by atoms with Crippen LogP contribution in [0.1, 0.15) is 44.9 Å². The fourth-order valence-corrected chi connectivity index (χ4v) is 2.78. The van der Waals surface area contributed by atoms with E-state index in [1.807, 2.05) is 45.9 Å². The number of nitrogens with two attached hydrogens (primary N) is 1. The highest BCUT2D eigenvalue weighted by Gasteiger charge is 2.22. The first-order chi connectivity index (χ1) is 14.3. The van der Waals surface area contributed by atoms with Crippen molar-refractivity contribution in [1.82, 2.24) is 10.9 Å². The smallest absolute Gasteiger partial charge is 0.261 e. The summed E-state index contributed by atoms with van der Waals surface area (Å²) >= 11 is 0. The van der Waals surface area contributed by atoms with Crippen molar-refractivity contribution in [3.8, 4) is 11.5 Å². The van der Waals surface area contributed by atoms with Crippen LogP contribution in [0.25, 0.3) is 0 Å². The summed E-state index contributed by atoms with van der Waals surface area (Å²) in [5, 5.41) is 10.8. The van der Waals surface area contributed by atoms with Gasteiger partial charge in [-0.3, -0.25) is 15.6 Å². The fraction of sp³-hybridized carbons (Fsp3) is 0.364. The summed E-state index contributed by atoms with van der Waals surface area (Å²) in [6.45, 7) is 8.76. The lowest BCUT2D eigenvalue weighted by molar-refractivity contribution is -0.122. The molecule has 1 atom stereocenters. The highest BCUT2D eigenvalue weighted by molar-refractivity contribution is 5.95. The molecule has 8 nitrogen and oxygen atoms in total. The second kappa shape index (κ2) is 11.1. The molecule has 162 valence electrons. The van der Waals surface area contributed by atoms with E-state index >= 15 is 0 Å². The van der Waals surface area contributed by atoms with E-state index in [0.717, 1.165) is 11.3 Å². The van der Waals surface area contributed by atoms with Gasteiger partial charge in [0.1, 0.15) is 11.9 Å². The lowest BCUT2D eigenvalue weighted by Gasteiger charge is -2.22. The standard InChI is InChI=1S/C22H31N5O3/c1-5-25-27-22(28)20(26-17-10-7-15(8-11-17)21(23)24)16-9-12-18(30-14(3)4)19(13-16)29-6-2/h7-14,20,25-26H,5-6H2,1-4H3,(H3,23,24)(H,27,28). The monoisotopic (exact) mass is 413 g/mol. The van der Waals surface area contributed by atoms with Gasteiger partial charge in [-0.1, -0.05) is 13.0 Å². The molecule has 8 heteroatoms. The summed E-state index contributed by atoms with van der Waals surface area (Å²) in [7, 11) is 0. The van der Waals surface area contributed by atoms with Gasteiger partial charge in [-0.05, 0) is 62.7 Å². The van der Waals surface area contributed by atoms with Gasteiger partial charge in [-0.2, -0.15) is 0 Å². The first kappa shape index (κ1) is 23.0. The van der Waals surface area contributed by atoms with Gasteiger partial charge >= 0.3 is 0 Å². The zero-order valence-electron chi connectivity index (χ0n) is 17.9. The Morgan fingerprint density at radius 2 is 1.80 bits per heavy atom. The maximum Gasteiger partial charge on any atom is 0.261 e. The topological polar surface area (TPSA) is 121 Å². The number of benzene rings is 2. The minimum atomic E-state index is -0.681. The second-order valence-corrected chi connectivity index (χ2v) is 6.89. The number of anilines is 1. The number of hydrogen-bond acceptors (Lipinski definition) is 6. The third kappa shape index (κ3) is 6.38. The first-order valence-electron chi connectivity index (χ1n) is 10.0. The molecule has 2 rings (SSSR count). The number of hydrazine groups is 1. The summed E-state index contributed by atoms with van der Waals surface area (Å²) in [5.74, 6) is 0.962. The van der Waals surface area contributed by atoms with Gasteiger partial charge < -0.3 is 20.5 Å². The van der Waals surface area contributed by atoms with E-state index in [2.05, 4.69) is 16.2 Å². The Hall–Kier alpha value is -3.26. The number of carbonyl (C=O) groups excluding carboxylic acids is 1. The molecule has 0 saturated carbocycles. The molecule has 2 aromatic carbocycles. The minimum Gasteiger partial charge on any atom is -0.490 e. The van der Waals surface area contributed by atoms with Crippen LogP contribution >= 0.6 is 0 Å². The molecule has 0 spiro atoms. The normalized spacial score (nSPS) is 11.6. The molecule has 0 fully saturated rings. The molecule has 0 saturated heterocycles. The van der Waals surface area contributed by atoms with Crippen molar-refractivity contribution >= 4 is 17.4 Å². The Morgan fingerprint density at radius 3 is 2.37 bits per heavy atom. The summed E-state index contributed by atoms with van der Waals surface area (Å²) in [4.78, 5) is 12.9. The van der Waals surface area contributed by atoms with E-state index in [9.17, 15) is 4.79 Å². The third-order valence-electron chi connectivity index (χ3n) is 4.12. The predicted octanol–water partition coefficient (Wildman–Crippen LogP) is 2.95. The summed E-state index contributed by atoms with van der Waals surface area (Å²) in [5.41, 5.74) is 13.1. The average molecular weight is 414 g/mol. The summed E-state index contributed by atoms with van der Waals surface area (Å²) in [6.07, 6.45) is 0.000761. The van der Waals surface area contributed by atoms with Gasteiger partial charge in [0.05, 0.1) is 12.7 Å². The molecule has 2 aromatic rings. The molecule has 0 bridgehead atoms. The van der Waals surface area contributed by atoms with E-state index < -0.39 is 6.04 Å². The van der Waals surface area contributed by atoms with Crippen LogP contribution < -0.4 is 31.4 Å². The number of nitrogen functional groups attached to an aromatic ring is 1. The average Bonchev–Trinajstić information content (AvgIpc) is 2.71. The maximum absolute atomic E-state index is 12.9. The van der Waals surface area contributed by atoms with Gasteiger partial charge in [0.2, 0.25) is 0 Å². The lowest BCUT2D eigenvalue weighted by atomic mass is 10.0. The highest BCUT2D eigenvalue weighted by atomic mass is 16.5. The lowest BCUT2D eigenvalue weighted by Crippen LogP contribution is -2.42. The zero-order valence-corrected chi connectivity index (χ0v) is 17.9. The van der Waals surface area contributed by atoms with Crippen molar-refractivity contribution in [2.75, 3.05) is 18.5 Å². The Kier molecular flexibility index (Phi) is 8.49. The summed E-state index contributed by atoms with van der Waals surface area (Å²) in [6, 6.07) is 11.8. The second-order valence-electron chi connectivity index (χ2n) is 6.89. The molecule has 6 N–H and O–H groups in total. The molecule has 0 aromatic heterocycles. The quantitative estimate of drug-likeness (QED) is 0.219. The van der Waals surface area contributed by atoms with E-state index in [1.165, 1.54) is 0 Å². The van der Waals surface area contributed by atoms with Crippen LogP contribution in [0.4, 0.5) is 5.69 Å². The van der Waals surface area contributed by atoms with Crippen molar-refractivity contribution in [2.24, 2.45) is 5.73 Å². The third-order valence-corrected chi connectivity index (χ3v) is 4.12. The molecule has 0 aliphatic carbocycles. The van der Waals surface area contributed by atoms with Gasteiger partial charge in [-0.15, -0.1) is 0 Å². The van der Waals surface area contributed by atoms with Crippen LogP contribution in [-0.2, 0) is 4.79 Å². The van der Waals surface area contributed by atoms with Crippen LogP contribution in [0.2, 0.25) is 0 Å². The number of amidine groups is 1. The van der Waals surface area contributed by atoms with Crippen LogP contribution in [0.15, 0.2) is 42.5 Å².